The van der Waals surface area contributed by atoms with Gasteiger partial charge in [-0.1, -0.05) is 0 Å². The van der Waals surface area contributed by atoms with Crippen molar-refractivity contribution in [3.05, 3.63) is 0 Å². The zero-order chi connectivity index (χ0) is 8.27. The number of hydrogen-bond acceptors (Lipinski definition) is 3. The minimum Gasteiger partial charge on any atom is -0.364 e. The molecule has 0 aromatic carbocycles. The van der Waals surface area contributed by atoms with Gasteiger partial charge in [0.1, 0.15) is 0 Å². The van der Waals surface area contributed by atoms with Crippen molar-refractivity contribution in [3.63, 3.8) is 0 Å². The molecule has 0 bridgehead atoms. The first-order valence-corrected chi connectivity index (χ1v) is 3.94. The lowest BCUT2D eigenvalue weighted by molar-refractivity contribution is -0.117. The van der Waals surface area contributed by atoms with Crippen LogP contribution in [0.2, 0.25) is 0 Å². The quantitative estimate of drug-likeness (QED) is 0.514. The molecule has 0 radical (unpaired) electrons. The first-order valence-electron chi connectivity index (χ1n) is 3.94. The van der Waals surface area contributed by atoms with Crippen LogP contribution in [0.1, 0.15) is 19.8 Å². The van der Waals surface area contributed by atoms with Crippen molar-refractivity contribution in [2.45, 2.75) is 19.8 Å². The summed E-state index contributed by atoms with van der Waals surface area (Å²) in [6, 6.07) is 0. The topological polar surface area (TPSA) is 32.7 Å². The van der Waals surface area contributed by atoms with Gasteiger partial charge in [0.25, 0.3) is 0 Å². The minimum atomic E-state index is 0.262. The number of rotatable bonds is 0. The van der Waals surface area contributed by atoms with Gasteiger partial charge in [0, 0.05) is 20.0 Å². The summed E-state index contributed by atoms with van der Waals surface area (Å²) in [4.78, 5) is 17.2. The second-order valence-corrected chi connectivity index (χ2v) is 2.93. The smallest absolute Gasteiger partial charge is 0.154 e. The number of carbonyl (C=O) groups excluding carboxylic acids is 1. The van der Waals surface area contributed by atoms with E-state index in [-0.39, 0.29) is 5.78 Å². The van der Waals surface area contributed by atoms with Crippen molar-refractivity contribution in [2.24, 2.45) is 4.99 Å². The fraction of sp³-hybridized carbons (Fsp3) is 0.750. The molecular formula is C8H14N2O. The predicted octanol–water partition coefficient (Wildman–Crippen LogP) is 0.700. The highest BCUT2D eigenvalue weighted by Gasteiger charge is 2.08. The summed E-state index contributed by atoms with van der Waals surface area (Å²) in [5, 5.41) is 0. The first-order chi connectivity index (χ1) is 5.20. The Balaban J connectivity index is 2.61. The molecule has 3 heteroatoms. The average Bonchev–Trinajstić information content (AvgIpc) is 1.98. The van der Waals surface area contributed by atoms with E-state index in [9.17, 15) is 4.79 Å². The number of Topliss-reactive ketones (excluding diaryl/α,β-unsaturated/α-hetero) is 1. The Bertz CT molecular complexity index is 187. The van der Waals surface area contributed by atoms with Crippen LogP contribution in [0.15, 0.2) is 4.99 Å². The summed E-state index contributed by atoms with van der Waals surface area (Å²) in [7, 11) is 2.01. The Hall–Kier alpha value is -0.860. The summed E-state index contributed by atoms with van der Waals surface area (Å²) < 4.78 is 0. The van der Waals surface area contributed by atoms with E-state index in [1.165, 1.54) is 0 Å². The van der Waals surface area contributed by atoms with Gasteiger partial charge in [-0.15, -0.1) is 0 Å². The van der Waals surface area contributed by atoms with Crippen molar-refractivity contribution in [1.29, 1.82) is 0 Å². The molecule has 0 aromatic rings. The Labute approximate surface area is 67.1 Å². The van der Waals surface area contributed by atoms with Gasteiger partial charge in [0.2, 0.25) is 0 Å². The molecule has 0 saturated heterocycles. The van der Waals surface area contributed by atoms with Gasteiger partial charge in [0.05, 0.1) is 12.4 Å². The Morgan fingerprint density at radius 2 is 2.27 bits per heavy atom. The van der Waals surface area contributed by atoms with Gasteiger partial charge in [0.15, 0.2) is 5.78 Å². The third kappa shape index (κ3) is 2.33. The third-order valence-electron chi connectivity index (χ3n) is 1.99. The fourth-order valence-electron chi connectivity index (χ4n) is 1.08. The number of ketones is 1. The number of amidine groups is 1. The average molecular weight is 154 g/mol. The largest absolute Gasteiger partial charge is 0.364 e. The van der Waals surface area contributed by atoms with Gasteiger partial charge in [-0.25, -0.2) is 0 Å². The molecule has 0 N–H and O–H groups in total. The molecule has 3 nitrogen and oxygen atoms in total. The highest BCUT2D eigenvalue weighted by molar-refractivity contribution is 5.86. The number of hydrogen-bond donors (Lipinski definition) is 0. The second-order valence-electron chi connectivity index (χ2n) is 2.93. The summed E-state index contributed by atoms with van der Waals surface area (Å²) >= 11 is 0. The molecule has 0 aromatic heterocycles. The van der Waals surface area contributed by atoms with Crippen molar-refractivity contribution < 1.29 is 4.79 Å². The molecule has 0 saturated carbocycles. The van der Waals surface area contributed by atoms with Crippen LogP contribution in [0, 0.1) is 0 Å². The molecular weight excluding hydrogens is 140 g/mol. The van der Waals surface area contributed by atoms with E-state index in [0.717, 1.165) is 18.8 Å². The van der Waals surface area contributed by atoms with E-state index in [2.05, 4.69) is 9.89 Å². The Kier molecular flexibility index (Phi) is 2.63. The fourth-order valence-corrected chi connectivity index (χ4v) is 1.08. The van der Waals surface area contributed by atoms with Crippen molar-refractivity contribution in [3.8, 4) is 0 Å². The van der Waals surface area contributed by atoms with E-state index in [1.807, 2.05) is 14.0 Å². The van der Waals surface area contributed by atoms with Gasteiger partial charge in [-0.2, -0.15) is 0 Å². The van der Waals surface area contributed by atoms with E-state index >= 15 is 0 Å². The monoisotopic (exact) mass is 154 g/mol. The van der Waals surface area contributed by atoms with Gasteiger partial charge < -0.3 is 4.90 Å². The molecule has 0 aliphatic carbocycles. The Morgan fingerprint density at radius 1 is 1.55 bits per heavy atom. The van der Waals surface area contributed by atoms with E-state index < -0.39 is 0 Å². The van der Waals surface area contributed by atoms with Gasteiger partial charge in [-0.05, 0) is 13.3 Å². The SMILES string of the molecule is CC1=NCC(=O)CCCN1C. The highest BCUT2D eigenvalue weighted by atomic mass is 16.1. The van der Waals surface area contributed by atoms with Gasteiger partial charge in [-0.3, -0.25) is 9.79 Å². The lowest BCUT2D eigenvalue weighted by Crippen LogP contribution is -2.28. The summed E-state index contributed by atoms with van der Waals surface area (Å²) in [5.41, 5.74) is 0. The molecule has 1 heterocycles. The molecule has 0 amide bonds. The molecule has 0 spiro atoms. The molecule has 62 valence electrons. The van der Waals surface area contributed by atoms with Crippen LogP contribution in [-0.4, -0.2) is 36.7 Å². The third-order valence-corrected chi connectivity index (χ3v) is 1.99. The normalized spacial score (nSPS) is 20.7. The maximum atomic E-state index is 11.0. The standard InChI is InChI=1S/C8H14N2O/c1-7-9-6-8(11)4-3-5-10(7)2/h3-6H2,1-2H3. The van der Waals surface area contributed by atoms with E-state index in [1.54, 1.807) is 0 Å². The number of aliphatic imine (C=N–C) groups is 1. The maximum absolute atomic E-state index is 11.0. The zero-order valence-electron chi connectivity index (χ0n) is 7.13. The van der Waals surface area contributed by atoms with E-state index in [4.69, 9.17) is 0 Å². The van der Waals surface area contributed by atoms with Gasteiger partial charge >= 0.3 is 0 Å². The minimum absolute atomic E-state index is 0.262. The summed E-state index contributed by atoms with van der Waals surface area (Å²) in [5.74, 6) is 1.23. The molecule has 1 rings (SSSR count). The molecule has 0 unspecified atom stereocenters. The lowest BCUT2D eigenvalue weighted by atomic mass is 10.2. The van der Waals surface area contributed by atoms with E-state index in [0.29, 0.717) is 13.0 Å². The van der Waals surface area contributed by atoms with Crippen LogP contribution < -0.4 is 0 Å². The molecule has 1 aliphatic heterocycles. The van der Waals surface area contributed by atoms with Crippen LogP contribution in [0.3, 0.4) is 0 Å². The first kappa shape index (κ1) is 8.24. The summed E-state index contributed by atoms with van der Waals surface area (Å²) in [6.45, 7) is 3.26. The second kappa shape index (κ2) is 3.51. The van der Waals surface area contributed by atoms with Crippen LogP contribution in [0.25, 0.3) is 0 Å². The molecule has 0 atom stereocenters. The van der Waals surface area contributed by atoms with Crippen LogP contribution in [-0.2, 0) is 4.79 Å². The molecule has 0 fully saturated rings. The predicted molar refractivity (Wildman–Crippen MR) is 44.8 cm³/mol. The van der Waals surface area contributed by atoms with Crippen molar-refractivity contribution in [1.82, 2.24) is 4.90 Å². The van der Waals surface area contributed by atoms with Crippen molar-refractivity contribution >= 4 is 11.6 Å². The lowest BCUT2D eigenvalue weighted by Gasteiger charge is -2.20. The summed E-state index contributed by atoms with van der Waals surface area (Å²) in [6.07, 6.45) is 1.64. The Morgan fingerprint density at radius 3 is 3.00 bits per heavy atom. The zero-order valence-corrected chi connectivity index (χ0v) is 7.13. The molecule has 1 aliphatic rings. The van der Waals surface area contributed by atoms with Crippen LogP contribution in [0.5, 0.6) is 0 Å². The maximum Gasteiger partial charge on any atom is 0.154 e. The number of nitrogens with zero attached hydrogens (tertiary/aromatic N) is 2. The molecule has 11 heavy (non-hydrogen) atoms. The van der Waals surface area contributed by atoms with Crippen LogP contribution in [0.4, 0.5) is 0 Å². The van der Waals surface area contributed by atoms with Crippen LogP contribution >= 0.6 is 0 Å². The van der Waals surface area contributed by atoms with Crippen molar-refractivity contribution in [2.75, 3.05) is 20.1 Å². The number of carbonyl (C=O) groups is 1. The highest BCUT2D eigenvalue weighted by Crippen LogP contribution is 2.00.